The van der Waals surface area contributed by atoms with E-state index in [1.165, 1.54) is 0 Å². The van der Waals surface area contributed by atoms with Crippen molar-refractivity contribution >= 4 is 33.0 Å². The second-order valence-electron chi connectivity index (χ2n) is 4.14. The average molecular weight is 303 g/mol. The molecule has 0 spiro atoms. The smallest absolute Gasteiger partial charge is 0.207 e. The van der Waals surface area contributed by atoms with E-state index in [0.29, 0.717) is 5.95 Å². The van der Waals surface area contributed by atoms with Gasteiger partial charge in [0.2, 0.25) is 5.95 Å². The lowest BCUT2D eigenvalue weighted by Gasteiger charge is -2.06. The molecule has 1 aromatic carbocycles. The SMILES string of the molecule is Cc1cnc2c(c1)nc(N)n2-c1cccc(Br)c1. The van der Waals surface area contributed by atoms with Crippen molar-refractivity contribution in [2.24, 2.45) is 0 Å². The number of benzene rings is 1. The third-order valence-corrected chi connectivity index (χ3v) is 3.22. The van der Waals surface area contributed by atoms with Crippen molar-refractivity contribution in [2.45, 2.75) is 6.92 Å². The van der Waals surface area contributed by atoms with Gasteiger partial charge in [-0.1, -0.05) is 22.0 Å². The van der Waals surface area contributed by atoms with Crippen molar-refractivity contribution in [3.05, 3.63) is 46.6 Å². The Hall–Kier alpha value is -1.88. The summed E-state index contributed by atoms with van der Waals surface area (Å²) in [7, 11) is 0. The van der Waals surface area contributed by atoms with Crippen LogP contribution in [-0.2, 0) is 0 Å². The largest absolute Gasteiger partial charge is 0.369 e. The summed E-state index contributed by atoms with van der Waals surface area (Å²) in [4.78, 5) is 8.76. The summed E-state index contributed by atoms with van der Waals surface area (Å²) in [6.07, 6.45) is 1.82. The van der Waals surface area contributed by atoms with Gasteiger partial charge in [-0.2, -0.15) is 0 Å². The summed E-state index contributed by atoms with van der Waals surface area (Å²) in [6.45, 7) is 1.99. The topological polar surface area (TPSA) is 56.7 Å². The highest BCUT2D eigenvalue weighted by Crippen LogP contribution is 2.23. The third-order valence-electron chi connectivity index (χ3n) is 2.73. The number of nitrogens with zero attached hydrogens (tertiary/aromatic N) is 3. The Balaban J connectivity index is 2.32. The number of rotatable bonds is 1. The molecule has 0 saturated carbocycles. The molecule has 0 unspecified atom stereocenters. The molecular formula is C13H11BrN4. The number of aryl methyl sites for hydroxylation is 1. The molecule has 0 saturated heterocycles. The molecule has 0 fully saturated rings. The molecule has 0 radical (unpaired) electrons. The van der Waals surface area contributed by atoms with E-state index < -0.39 is 0 Å². The molecule has 0 bridgehead atoms. The Morgan fingerprint density at radius 1 is 1.28 bits per heavy atom. The van der Waals surface area contributed by atoms with Crippen molar-refractivity contribution in [3.63, 3.8) is 0 Å². The minimum atomic E-state index is 0.446. The van der Waals surface area contributed by atoms with E-state index in [1.807, 2.05) is 48.0 Å². The first-order valence-corrected chi connectivity index (χ1v) is 6.31. The van der Waals surface area contributed by atoms with E-state index in [-0.39, 0.29) is 0 Å². The van der Waals surface area contributed by atoms with E-state index in [0.717, 1.165) is 26.9 Å². The van der Waals surface area contributed by atoms with Crippen LogP contribution in [0.2, 0.25) is 0 Å². The Labute approximate surface area is 113 Å². The van der Waals surface area contributed by atoms with E-state index in [9.17, 15) is 0 Å². The number of imidazole rings is 1. The van der Waals surface area contributed by atoms with Gasteiger partial charge in [-0.3, -0.25) is 4.57 Å². The lowest BCUT2D eigenvalue weighted by molar-refractivity contribution is 1.08. The molecule has 0 aliphatic rings. The lowest BCUT2D eigenvalue weighted by atomic mass is 10.3. The molecule has 2 N–H and O–H groups in total. The first-order valence-electron chi connectivity index (χ1n) is 5.51. The zero-order valence-electron chi connectivity index (χ0n) is 9.76. The summed E-state index contributed by atoms with van der Waals surface area (Å²) >= 11 is 3.45. The number of hydrogen-bond donors (Lipinski definition) is 1. The maximum Gasteiger partial charge on any atom is 0.207 e. The molecule has 2 heterocycles. The minimum absolute atomic E-state index is 0.446. The van der Waals surface area contributed by atoms with Gasteiger partial charge >= 0.3 is 0 Å². The standard InChI is InChI=1S/C13H11BrN4/c1-8-5-11-12(16-7-8)18(13(15)17-11)10-4-2-3-9(14)6-10/h2-7H,1H3,(H2,15,17). The van der Waals surface area contributed by atoms with Crippen molar-refractivity contribution in [3.8, 4) is 5.69 Å². The van der Waals surface area contributed by atoms with Crippen LogP contribution in [0.1, 0.15) is 5.56 Å². The van der Waals surface area contributed by atoms with Crippen molar-refractivity contribution in [1.82, 2.24) is 14.5 Å². The van der Waals surface area contributed by atoms with Crippen LogP contribution in [-0.4, -0.2) is 14.5 Å². The summed E-state index contributed by atoms with van der Waals surface area (Å²) in [5.41, 5.74) is 9.58. The van der Waals surface area contributed by atoms with Gasteiger partial charge in [-0.05, 0) is 36.8 Å². The first kappa shape index (κ1) is 11.2. The Morgan fingerprint density at radius 3 is 2.89 bits per heavy atom. The molecule has 3 rings (SSSR count). The van der Waals surface area contributed by atoms with Crippen LogP contribution < -0.4 is 5.73 Å². The van der Waals surface area contributed by atoms with Crippen molar-refractivity contribution in [2.75, 3.05) is 5.73 Å². The number of fused-ring (bicyclic) bond motifs is 1. The first-order chi connectivity index (χ1) is 8.65. The number of hydrogen-bond acceptors (Lipinski definition) is 3. The maximum absolute atomic E-state index is 5.98. The van der Waals surface area contributed by atoms with Gasteiger partial charge in [0.25, 0.3) is 0 Å². The molecule has 3 aromatic rings. The van der Waals surface area contributed by atoms with Crippen LogP contribution in [0.4, 0.5) is 5.95 Å². The molecule has 4 nitrogen and oxygen atoms in total. The van der Waals surface area contributed by atoms with Gasteiger partial charge in [0.15, 0.2) is 5.65 Å². The lowest BCUT2D eigenvalue weighted by Crippen LogP contribution is -2.01. The van der Waals surface area contributed by atoms with E-state index in [1.54, 1.807) is 0 Å². The highest BCUT2D eigenvalue weighted by molar-refractivity contribution is 9.10. The monoisotopic (exact) mass is 302 g/mol. The fraction of sp³-hybridized carbons (Fsp3) is 0.0769. The van der Waals surface area contributed by atoms with Crippen molar-refractivity contribution < 1.29 is 0 Å². The Bertz CT molecular complexity index is 733. The quantitative estimate of drug-likeness (QED) is 0.751. The molecule has 0 amide bonds. The number of aromatic nitrogens is 3. The number of halogens is 1. The van der Waals surface area contributed by atoms with Crippen LogP contribution in [0.15, 0.2) is 41.0 Å². The molecular weight excluding hydrogens is 292 g/mol. The van der Waals surface area contributed by atoms with Crippen molar-refractivity contribution in [1.29, 1.82) is 0 Å². The summed E-state index contributed by atoms with van der Waals surface area (Å²) in [6, 6.07) is 9.87. The molecule has 0 atom stereocenters. The van der Waals surface area contributed by atoms with E-state index in [4.69, 9.17) is 5.73 Å². The van der Waals surface area contributed by atoms with Gasteiger partial charge in [0, 0.05) is 10.7 Å². The minimum Gasteiger partial charge on any atom is -0.369 e. The fourth-order valence-corrected chi connectivity index (χ4v) is 2.34. The average Bonchev–Trinajstić information content (AvgIpc) is 2.64. The predicted molar refractivity (Wildman–Crippen MR) is 75.7 cm³/mol. The molecule has 90 valence electrons. The zero-order valence-corrected chi connectivity index (χ0v) is 11.3. The molecule has 0 aliphatic heterocycles. The van der Waals surface area contributed by atoms with Gasteiger partial charge in [-0.25, -0.2) is 9.97 Å². The second-order valence-corrected chi connectivity index (χ2v) is 5.06. The number of pyridine rings is 1. The number of nitrogen functional groups attached to an aromatic ring is 1. The fourth-order valence-electron chi connectivity index (χ4n) is 1.95. The molecule has 18 heavy (non-hydrogen) atoms. The van der Waals surface area contributed by atoms with Gasteiger partial charge in [0.05, 0.1) is 5.69 Å². The Kier molecular flexibility index (Phi) is 2.56. The maximum atomic E-state index is 5.98. The van der Waals surface area contributed by atoms with Crippen LogP contribution in [0, 0.1) is 6.92 Å². The van der Waals surface area contributed by atoms with Crippen LogP contribution in [0.25, 0.3) is 16.9 Å². The predicted octanol–water partition coefficient (Wildman–Crippen LogP) is 3.07. The van der Waals surface area contributed by atoms with E-state index >= 15 is 0 Å². The van der Waals surface area contributed by atoms with Crippen LogP contribution in [0.3, 0.4) is 0 Å². The summed E-state index contributed by atoms with van der Waals surface area (Å²) in [5.74, 6) is 0.446. The summed E-state index contributed by atoms with van der Waals surface area (Å²) in [5, 5.41) is 0. The number of anilines is 1. The molecule has 5 heteroatoms. The van der Waals surface area contributed by atoms with E-state index in [2.05, 4.69) is 25.9 Å². The zero-order chi connectivity index (χ0) is 12.7. The second kappa shape index (κ2) is 4.10. The Morgan fingerprint density at radius 2 is 2.11 bits per heavy atom. The molecule has 0 aliphatic carbocycles. The van der Waals surface area contributed by atoms with Gasteiger partial charge in [0.1, 0.15) is 5.52 Å². The highest BCUT2D eigenvalue weighted by Gasteiger charge is 2.11. The number of nitrogens with two attached hydrogens (primary N) is 1. The highest BCUT2D eigenvalue weighted by atomic mass is 79.9. The normalized spacial score (nSPS) is 11.0. The van der Waals surface area contributed by atoms with Gasteiger partial charge in [-0.15, -0.1) is 0 Å². The van der Waals surface area contributed by atoms with Crippen LogP contribution >= 0.6 is 15.9 Å². The summed E-state index contributed by atoms with van der Waals surface area (Å²) < 4.78 is 2.84. The molecule has 2 aromatic heterocycles. The van der Waals surface area contributed by atoms with Gasteiger partial charge < -0.3 is 5.73 Å². The van der Waals surface area contributed by atoms with Crippen LogP contribution in [0.5, 0.6) is 0 Å². The third kappa shape index (κ3) is 1.76.